The first-order valence-corrected chi connectivity index (χ1v) is 29.4. The van der Waals surface area contributed by atoms with E-state index in [0.29, 0.717) is 24.1 Å². The van der Waals surface area contributed by atoms with Crippen LogP contribution in [0.3, 0.4) is 0 Å². The van der Waals surface area contributed by atoms with Crippen LogP contribution in [0.5, 0.6) is 5.75 Å². The Bertz CT molecular complexity index is 3060. The summed E-state index contributed by atoms with van der Waals surface area (Å²) >= 11 is 0. The average Bonchev–Trinajstić information content (AvgIpc) is 2.29. The number of nitrogens with zero attached hydrogens (tertiary/aromatic N) is 1. The second-order valence-corrected chi connectivity index (χ2v) is 22.5. The van der Waals surface area contributed by atoms with E-state index in [0.717, 1.165) is 16.5 Å². The molecule has 0 fully saturated rings. The number of hydrogen-bond acceptors (Lipinski definition) is 15. The largest absolute Gasteiger partial charge is 0.508 e. The Balaban J connectivity index is 1.49. The van der Waals surface area contributed by atoms with Crippen LogP contribution in [0.15, 0.2) is 90.1 Å². The zero-order chi connectivity index (χ0) is 65.0. The Morgan fingerprint density at radius 1 is 0.591 bits per heavy atom. The number of nitrogens with one attached hydrogen (secondary N) is 8. The molecule has 88 heavy (non-hydrogen) atoms. The Hall–Kier alpha value is -9.04. The molecule has 4 aromatic rings. The molecule has 0 radical (unpaired) electrons. The van der Waals surface area contributed by atoms with Gasteiger partial charge in [0.1, 0.15) is 11.8 Å². The molecule has 0 unspecified atom stereocenters. The van der Waals surface area contributed by atoms with E-state index in [-0.39, 0.29) is 75.5 Å². The van der Waals surface area contributed by atoms with Crippen LogP contribution in [0.4, 0.5) is 4.79 Å². The second kappa shape index (κ2) is 36.2. The molecule has 0 spiro atoms. The monoisotopic (exact) mass is 1220 g/mol. The number of rotatable bonds is 39. The molecule has 1 aromatic heterocycles. The third kappa shape index (κ3) is 24.4. The number of hydrogen-bond donors (Lipinski definition) is 14. The van der Waals surface area contributed by atoms with E-state index >= 15 is 0 Å². The number of urea groups is 1. The van der Waals surface area contributed by atoms with E-state index in [1.54, 1.807) is 48.7 Å². The van der Waals surface area contributed by atoms with Gasteiger partial charge in [-0.3, -0.25) is 52.9 Å². The first-order chi connectivity index (χ1) is 41.8. The summed E-state index contributed by atoms with van der Waals surface area (Å²) in [6.07, 6.45) is -1.24. The van der Waals surface area contributed by atoms with Gasteiger partial charge in [-0.2, -0.15) is 0 Å². The lowest BCUT2D eigenvalue weighted by Gasteiger charge is -2.26. The Kier molecular flexibility index (Phi) is 29.4. The summed E-state index contributed by atoms with van der Waals surface area (Å²) < 4.78 is 0. The highest BCUT2D eigenvalue weighted by atomic mass is 16.3. The molecule has 1 heterocycles. The topological polar surface area (TPSA) is 445 Å². The molecule has 0 aliphatic heterocycles. The summed E-state index contributed by atoms with van der Waals surface area (Å²) in [4.78, 5) is 157. The molecular weight excluding hydrogens is 1130 g/mol. The van der Waals surface area contributed by atoms with Crippen LogP contribution in [0.1, 0.15) is 102 Å². The van der Waals surface area contributed by atoms with Crippen LogP contribution in [-0.4, -0.2) is 149 Å². The van der Waals surface area contributed by atoms with Gasteiger partial charge in [0.25, 0.3) is 0 Å². The van der Waals surface area contributed by atoms with Crippen molar-refractivity contribution in [2.45, 2.75) is 141 Å². The van der Waals surface area contributed by atoms with Crippen molar-refractivity contribution in [2.75, 3.05) is 26.7 Å². The lowest BCUT2D eigenvalue weighted by Crippen LogP contribution is -2.53. The summed E-state index contributed by atoms with van der Waals surface area (Å²) in [6, 6.07) is 14.5. The van der Waals surface area contributed by atoms with E-state index in [9.17, 15) is 63.0 Å². The minimum Gasteiger partial charge on any atom is -0.508 e. The third-order valence-electron chi connectivity index (χ3n) is 14.8. The number of ketones is 4. The lowest BCUT2D eigenvalue weighted by molar-refractivity contribution is -0.137. The molecule has 8 amide bonds. The van der Waals surface area contributed by atoms with Crippen LogP contribution in [0, 0.1) is 23.7 Å². The van der Waals surface area contributed by atoms with Crippen LogP contribution in [0.2, 0.25) is 0 Å². The molecule has 18 N–H and O–H groups in total. The Morgan fingerprint density at radius 3 is 1.73 bits per heavy atom. The van der Waals surface area contributed by atoms with Crippen molar-refractivity contribution in [1.82, 2.24) is 42.2 Å². The number of para-hydroxylation sites is 1. The number of aliphatic imine (C=N–C) groups is 1. The second-order valence-electron chi connectivity index (χ2n) is 22.5. The van der Waals surface area contributed by atoms with E-state index in [4.69, 9.17) is 22.9 Å². The first-order valence-electron chi connectivity index (χ1n) is 29.4. The number of guanidine groups is 1. The molecule has 0 aliphatic rings. The van der Waals surface area contributed by atoms with E-state index in [1.165, 1.54) is 33.0 Å². The molecule has 26 heteroatoms. The van der Waals surface area contributed by atoms with Crippen molar-refractivity contribution >= 4 is 81.5 Å². The SMILES string of the molecule is CN=C(N)NCCC[C@H](CC(=O)[C@H](CC(C)C)NC(=O)NCC(=O)[C@H](Cc1ccccc1)NC(=O)[C@@H](CC(=O)[C@H](CC(N)=O)NC(=O)[C@H](CCCN)CC(=O)[C@@H](Cc1ccc(O)cc1)NC(C)=O)[C@@H](C)O)C(=O)N[C@@H](Cc1c[nH]c2ccccc12)C(N)=O. The van der Waals surface area contributed by atoms with Gasteiger partial charge in [-0.1, -0.05) is 74.5 Å². The Labute approximate surface area is 511 Å². The molecule has 478 valence electrons. The van der Waals surface area contributed by atoms with Crippen molar-refractivity contribution in [1.29, 1.82) is 0 Å². The lowest BCUT2D eigenvalue weighted by atomic mass is 9.89. The normalized spacial score (nSPS) is 14.5. The summed E-state index contributed by atoms with van der Waals surface area (Å²) in [7, 11) is 1.50. The number of amides is 8. The van der Waals surface area contributed by atoms with Gasteiger partial charge < -0.3 is 75.3 Å². The van der Waals surface area contributed by atoms with Crippen LogP contribution >= 0.6 is 0 Å². The number of fused-ring (bicyclic) bond motifs is 1. The summed E-state index contributed by atoms with van der Waals surface area (Å²) in [6.45, 7) is 5.81. The number of aliphatic hydroxyl groups is 1. The summed E-state index contributed by atoms with van der Waals surface area (Å²) in [5.41, 5.74) is 25.7. The van der Waals surface area contributed by atoms with E-state index in [1.807, 2.05) is 38.1 Å². The molecule has 26 nitrogen and oxygen atoms in total. The van der Waals surface area contributed by atoms with Gasteiger partial charge in [0, 0.05) is 75.1 Å². The molecule has 3 aromatic carbocycles. The van der Waals surface area contributed by atoms with Crippen molar-refractivity contribution in [3.63, 3.8) is 0 Å². The number of carbonyl (C=O) groups is 11. The maximum absolute atomic E-state index is 14.3. The van der Waals surface area contributed by atoms with Gasteiger partial charge in [-0.05, 0) is 99.2 Å². The highest BCUT2D eigenvalue weighted by Crippen LogP contribution is 2.23. The smallest absolute Gasteiger partial charge is 0.315 e. The van der Waals surface area contributed by atoms with Gasteiger partial charge in [0.15, 0.2) is 29.1 Å². The van der Waals surface area contributed by atoms with Gasteiger partial charge >= 0.3 is 6.03 Å². The van der Waals surface area contributed by atoms with Crippen molar-refractivity contribution < 1.29 is 63.0 Å². The number of aliphatic hydroxyl groups excluding tert-OH is 1. The first kappa shape index (κ1) is 71.4. The molecular formula is C62H87N13O13. The van der Waals surface area contributed by atoms with Gasteiger partial charge in [-0.15, -0.1) is 0 Å². The number of carbonyl (C=O) groups excluding carboxylic acids is 11. The van der Waals surface area contributed by atoms with Gasteiger partial charge in [0.05, 0.1) is 49.2 Å². The molecule has 0 saturated carbocycles. The van der Waals surface area contributed by atoms with Gasteiger partial charge in [-0.25, -0.2) is 4.79 Å². The van der Waals surface area contributed by atoms with E-state index < -0.39 is 144 Å². The Morgan fingerprint density at radius 2 is 1.15 bits per heavy atom. The number of aromatic nitrogens is 1. The average molecular weight is 1220 g/mol. The van der Waals surface area contributed by atoms with Gasteiger partial charge in [0.2, 0.25) is 35.4 Å². The minimum atomic E-state index is -1.64. The maximum Gasteiger partial charge on any atom is 0.315 e. The molecule has 9 atom stereocenters. The van der Waals surface area contributed by atoms with Crippen LogP contribution in [0.25, 0.3) is 10.9 Å². The summed E-state index contributed by atoms with van der Waals surface area (Å²) in [5.74, 6) is -11.1. The number of aromatic amines is 1. The quantitative estimate of drug-likeness (QED) is 0.0166. The molecule has 4 rings (SSSR count). The fraction of sp³-hybridized carbons (Fsp3) is 0.484. The number of H-pyrrole nitrogens is 1. The standard InChI is InChI=1S/C62H87N13O13/c1-35(2)25-47(52(79)30-41(16-12-24-68-61(66)67-5)59(86)74-51(57(65)84)28-42-33-69-46-18-10-9-17-44(42)46)75-62(88)70-34-55(82)49(26-38-13-7-6-8-14-38)73-60(87)45(36(3)76)31-54(81)50(32-56(64)83)72-58(85)40(15-11-23-63)29-53(80)48(71-37(4)77)27-39-19-21-43(78)22-20-39/h6-10,13-14,17-22,33,35-36,40-41,45,47-51,69,76,78H,11-12,15-16,23-32,34,63H2,1-5H3,(H2,64,83)(H2,65,84)(H,71,77)(H,72,85)(H,73,87)(H,74,86)(H3,66,67,68)(H2,70,75,88)/t36-,40-,41-,45+,47+,48-,49+,50+,51+/m1/s1. The number of aromatic hydroxyl groups is 1. The van der Waals surface area contributed by atoms with Crippen molar-refractivity contribution in [3.8, 4) is 5.75 Å². The van der Waals surface area contributed by atoms with Crippen LogP contribution < -0.4 is 60.2 Å². The summed E-state index contributed by atoms with van der Waals surface area (Å²) in [5, 5.41) is 40.1. The minimum absolute atomic E-state index is 0.0130. The van der Waals surface area contributed by atoms with E-state index in [2.05, 4.69) is 47.2 Å². The zero-order valence-electron chi connectivity index (χ0n) is 50.6. The fourth-order valence-electron chi connectivity index (χ4n) is 10.0. The van der Waals surface area contributed by atoms with Crippen molar-refractivity contribution in [3.05, 3.63) is 102 Å². The number of phenols is 1. The zero-order valence-corrected chi connectivity index (χ0v) is 50.6. The molecule has 0 aliphatic carbocycles. The predicted molar refractivity (Wildman–Crippen MR) is 329 cm³/mol. The highest BCUT2D eigenvalue weighted by molar-refractivity contribution is 5.99. The number of Topliss-reactive ketones (excluding diaryl/α,β-unsaturated/α-hetero) is 4. The fourth-order valence-corrected chi connectivity index (χ4v) is 10.0. The molecule has 0 saturated heterocycles. The maximum atomic E-state index is 14.3. The molecule has 0 bridgehead atoms. The number of phenolic OH excluding ortho intramolecular Hbond substituents is 1. The number of primary amides is 2. The van der Waals surface area contributed by atoms with Crippen molar-refractivity contribution in [2.24, 2.45) is 51.6 Å². The highest BCUT2D eigenvalue weighted by Gasteiger charge is 2.36. The number of benzene rings is 3. The third-order valence-corrected chi connectivity index (χ3v) is 14.8. The predicted octanol–water partition coefficient (Wildman–Crippen LogP) is 0.664. The van der Waals surface area contributed by atoms with Crippen LogP contribution in [-0.2, 0) is 67.2 Å². The number of nitrogens with two attached hydrogens (primary N) is 4.